The molecule has 7 nitrogen and oxygen atoms in total. The standard InChI is InChI=1S/C15H22N2O5S2/c1-9-10(2)23-14(12(9)15(19)22-3)16-13(18)11-5-7-17(8-6-11)24(4,20)21/h11H,5-8H2,1-4H3,(H,16,18). The highest BCUT2D eigenvalue weighted by atomic mass is 32.2. The smallest absolute Gasteiger partial charge is 0.341 e. The predicted molar refractivity (Wildman–Crippen MR) is 92.9 cm³/mol. The van der Waals surface area contributed by atoms with E-state index in [1.807, 2.05) is 13.8 Å². The summed E-state index contributed by atoms with van der Waals surface area (Å²) in [6, 6.07) is 0. The number of hydrogen-bond acceptors (Lipinski definition) is 6. The molecule has 0 saturated carbocycles. The van der Waals surface area contributed by atoms with E-state index in [2.05, 4.69) is 5.32 Å². The Labute approximate surface area is 146 Å². The SMILES string of the molecule is COC(=O)c1c(NC(=O)C2CCN(S(C)(=O)=O)CC2)sc(C)c1C. The van der Waals surface area contributed by atoms with Gasteiger partial charge in [-0.15, -0.1) is 11.3 Å². The van der Waals surface area contributed by atoms with Crippen LogP contribution in [-0.4, -0.2) is 51.1 Å². The molecule has 0 radical (unpaired) electrons. The lowest BCUT2D eigenvalue weighted by Crippen LogP contribution is -2.40. The third kappa shape index (κ3) is 3.96. The Balaban J connectivity index is 2.09. The van der Waals surface area contributed by atoms with Crippen LogP contribution in [-0.2, 0) is 19.6 Å². The lowest BCUT2D eigenvalue weighted by atomic mass is 9.97. The Morgan fingerprint density at radius 1 is 1.25 bits per heavy atom. The molecular formula is C15H22N2O5S2. The molecule has 1 fully saturated rings. The number of nitrogens with one attached hydrogen (secondary N) is 1. The summed E-state index contributed by atoms with van der Waals surface area (Å²) in [4.78, 5) is 25.4. The van der Waals surface area contributed by atoms with Gasteiger partial charge in [0.1, 0.15) is 5.00 Å². The summed E-state index contributed by atoms with van der Waals surface area (Å²) >= 11 is 1.34. The quantitative estimate of drug-likeness (QED) is 0.811. The molecule has 1 aliphatic heterocycles. The summed E-state index contributed by atoms with van der Waals surface area (Å²) < 4.78 is 29.2. The first-order valence-electron chi connectivity index (χ1n) is 7.59. The van der Waals surface area contributed by atoms with Gasteiger partial charge in [0.05, 0.1) is 18.9 Å². The van der Waals surface area contributed by atoms with Crippen LogP contribution >= 0.6 is 11.3 Å². The Kier molecular flexibility index (Phi) is 5.67. The number of ether oxygens (including phenoxy) is 1. The summed E-state index contributed by atoms with van der Waals surface area (Å²) in [5, 5.41) is 3.31. The number of anilines is 1. The first-order valence-corrected chi connectivity index (χ1v) is 10.3. The number of carbonyl (C=O) groups excluding carboxylic acids is 2. The lowest BCUT2D eigenvalue weighted by Gasteiger charge is -2.29. The highest BCUT2D eigenvalue weighted by Gasteiger charge is 2.30. The van der Waals surface area contributed by atoms with Crippen molar-refractivity contribution in [2.45, 2.75) is 26.7 Å². The third-order valence-electron chi connectivity index (χ3n) is 4.31. The van der Waals surface area contributed by atoms with E-state index in [0.29, 0.717) is 36.5 Å². The Hall–Kier alpha value is -1.45. The highest BCUT2D eigenvalue weighted by Crippen LogP contribution is 2.33. The molecule has 0 unspecified atom stereocenters. The Bertz CT molecular complexity index is 746. The number of amides is 1. The van der Waals surface area contributed by atoms with Crippen LogP contribution in [0.25, 0.3) is 0 Å². The molecule has 1 aromatic rings. The average molecular weight is 374 g/mol. The molecule has 1 amide bonds. The monoisotopic (exact) mass is 374 g/mol. The maximum Gasteiger partial charge on any atom is 0.341 e. The van der Waals surface area contributed by atoms with Crippen molar-refractivity contribution in [2.75, 3.05) is 31.8 Å². The number of carbonyl (C=O) groups is 2. The Morgan fingerprint density at radius 3 is 2.33 bits per heavy atom. The van der Waals surface area contributed by atoms with E-state index in [1.165, 1.54) is 29.0 Å². The summed E-state index contributed by atoms with van der Waals surface area (Å²) in [6.45, 7) is 4.37. The van der Waals surface area contributed by atoms with Gasteiger partial charge in [-0.2, -0.15) is 0 Å². The van der Waals surface area contributed by atoms with Crippen LogP contribution < -0.4 is 5.32 Å². The first-order chi connectivity index (χ1) is 11.1. The van der Waals surface area contributed by atoms with Gasteiger partial charge in [0.2, 0.25) is 15.9 Å². The van der Waals surface area contributed by atoms with Crippen molar-refractivity contribution in [2.24, 2.45) is 5.92 Å². The number of thiophene rings is 1. The zero-order valence-electron chi connectivity index (χ0n) is 14.2. The molecule has 1 aliphatic rings. The van der Waals surface area contributed by atoms with Gasteiger partial charge in [-0.05, 0) is 32.3 Å². The van der Waals surface area contributed by atoms with E-state index in [1.54, 1.807) is 0 Å². The summed E-state index contributed by atoms with van der Waals surface area (Å²) in [5.41, 5.74) is 1.19. The molecule has 1 saturated heterocycles. The number of esters is 1. The van der Waals surface area contributed by atoms with E-state index in [0.717, 1.165) is 10.4 Å². The summed E-state index contributed by atoms with van der Waals surface area (Å²) in [6.07, 6.45) is 2.11. The molecule has 2 rings (SSSR count). The van der Waals surface area contributed by atoms with Crippen LogP contribution in [0.2, 0.25) is 0 Å². The second kappa shape index (κ2) is 7.20. The summed E-state index contributed by atoms with van der Waals surface area (Å²) in [5.74, 6) is -0.926. The van der Waals surface area contributed by atoms with Gasteiger partial charge >= 0.3 is 5.97 Å². The molecule has 0 aromatic carbocycles. The minimum absolute atomic E-state index is 0.186. The van der Waals surface area contributed by atoms with Crippen molar-refractivity contribution in [3.05, 3.63) is 16.0 Å². The van der Waals surface area contributed by atoms with Crippen LogP contribution in [0, 0.1) is 19.8 Å². The minimum atomic E-state index is -3.22. The van der Waals surface area contributed by atoms with Crippen LogP contribution in [0.15, 0.2) is 0 Å². The van der Waals surface area contributed by atoms with E-state index in [4.69, 9.17) is 4.74 Å². The molecule has 1 aromatic heterocycles. The number of nitrogens with zero attached hydrogens (tertiary/aromatic N) is 1. The molecule has 9 heteroatoms. The first kappa shape index (κ1) is 18.9. The fourth-order valence-corrected chi connectivity index (χ4v) is 4.65. The van der Waals surface area contributed by atoms with Gasteiger partial charge in [-0.25, -0.2) is 17.5 Å². The number of piperidine rings is 1. The average Bonchev–Trinajstić information content (AvgIpc) is 2.80. The van der Waals surface area contributed by atoms with Gasteiger partial charge < -0.3 is 10.1 Å². The van der Waals surface area contributed by atoms with Crippen molar-refractivity contribution in [1.82, 2.24) is 4.31 Å². The zero-order valence-corrected chi connectivity index (χ0v) is 15.8. The fraction of sp³-hybridized carbons (Fsp3) is 0.600. The molecule has 0 bridgehead atoms. The molecule has 2 heterocycles. The van der Waals surface area contributed by atoms with Gasteiger partial charge in [-0.3, -0.25) is 4.79 Å². The highest BCUT2D eigenvalue weighted by molar-refractivity contribution is 7.88. The van der Waals surface area contributed by atoms with E-state index in [9.17, 15) is 18.0 Å². The third-order valence-corrected chi connectivity index (χ3v) is 6.73. The lowest BCUT2D eigenvalue weighted by molar-refractivity contribution is -0.120. The van der Waals surface area contributed by atoms with Crippen LogP contribution in [0.3, 0.4) is 0 Å². The second-order valence-corrected chi connectivity index (χ2v) is 9.11. The van der Waals surface area contributed by atoms with E-state index >= 15 is 0 Å². The van der Waals surface area contributed by atoms with Crippen molar-refractivity contribution >= 4 is 38.2 Å². The van der Waals surface area contributed by atoms with Crippen molar-refractivity contribution in [3.8, 4) is 0 Å². The molecular weight excluding hydrogens is 352 g/mol. The van der Waals surface area contributed by atoms with Crippen molar-refractivity contribution in [3.63, 3.8) is 0 Å². The molecule has 0 spiro atoms. The zero-order chi connectivity index (χ0) is 18.1. The largest absolute Gasteiger partial charge is 0.465 e. The second-order valence-electron chi connectivity index (χ2n) is 5.90. The molecule has 0 atom stereocenters. The van der Waals surface area contributed by atoms with Gasteiger partial charge in [0, 0.05) is 23.9 Å². The molecule has 0 aliphatic carbocycles. The maximum atomic E-state index is 12.5. The molecule has 134 valence electrons. The number of sulfonamides is 1. The summed E-state index contributed by atoms with van der Waals surface area (Å²) in [7, 11) is -1.91. The van der Waals surface area contributed by atoms with E-state index < -0.39 is 16.0 Å². The van der Waals surface area contributed by atoms with Gasteiger partial charge in [0.25, 0.3) is 0 Å². The predicted octanol–water partition coefficient (Wildman–Crippen LogP) is 1.76. The number of aryl methyl sites for hydroxylation is 1. The van der Waals surface area contributed by atoms with Crippen molar-refractivity contribution in [1.29, 1.82) is 0 Å². The molecule has 1 N–H and O–H groups in total. The number of rotatable bonds is 4. The van der Waals surface area contributed by atoms with Gasteiger partial charge in [0.15, 0.2) is 0 Å². The van der Waals surface area contributed by atoms with E-state index in [-0.39, 0.29) is 11.8 Å². The number of hydrogen-bond donors (Lipinski definition) is 1. The number of methoxy groups -OCH3 is 1. The normalized spacial score (nSPS) is 16.8. The van der Waals surface area contributed by atoms with Crippen LogP contribution in [0.1, 0.15) is 33.6 Å². The topological polar surface area (TPSA) is 92.8 Å². The minimum Gasteiger partial charge on any atom is -0.465 e. The van der Waals surface area contributed by atoms with Crippen LogP contribution in [0.4, 0.5) is 5.00 Å². The van der Waals surface area contributed by atoms with Crippen molar-refractivity contribution < 1.29 is 22.7 Å². The van der Waals surface area contributed by atoms with Gasteiger partial charge in [-0.1, -0.05) is 0 Å². The molecule has 24 heavy (non-hydrogen) atoms. The maximum absolute atomic E-state index is 12.5. The Morgan fingerprint density at radius 2 is 1.83 bits per heavy atom. The fourth-order valence-electron chi connectivity index (χ4n) is 2.73. The van der Waals surface area contributed by atoms with Crippen LogP contribution in [0.5, 0.6) is 0 Å².